The van der Waals surface area contributed by atoms with Crippen LogP contribution >= 0.6 is 0 Å². The molecule has 3 fully saturated rings. The predicted octanol–water partition coefficient (Wildman–Crippen LogP) is 3.28. The van der Waals surface area contributed by atoms with Crippen LogP contribution in [0, 0.1) is 5.82 Å². The largest absolute Gasteiger partial charge is 0.378 e. The molecular weight excluding hydrogens is 419 g/mol. The molecule has 2 atom stereocenters. The summed E-state index contributed by atoms with van der Waals surface area (Å²) in [5.41, 5.74) is 3.37. The minimum Gasteiger partial charge on any atom is -0.378 e. The second-order valence-electron chi connectivity index (χ2n) is 9.08. The summed E-state index contributed by atoms with van der Waals surface area (Å²) in [5, 5.41) is 0. The molecule has 3 aliphatic rings. The molecular formula is C25H23FN6O. The predicted molar refractivity (Wildman–Crippen MR) is 123 cm³/mol. The lowest BCUT2D eigenvalue weighted by molar-refractivity contribution is -0.0708. The summed E-state index contributed by atoms with van der Waals surface area (Å²) in [6, 6.07) is 16.1. The molecule has 6 heterocycles. The Hall–Kier alpha value is -3.36. The van der Waals surface area contributed by atoms with Crippen molar-refractivity contribution in [3.05, 3.63) is 66.7 Å². The highest BCUT2D eigenvalue weighted by Crippen LogP contribution is 2.37. The summed E-state index contributed by atoms with van der Waals surface area (Å²) in [6.45, 7) is 3.80. The van der Waals surface area contributed by atoms with Gasteiger partial charge in [0.1, 0.15) is 23.0 Å². The topological polar surface area (TPSA) is 59.3 Å². The fourth-order valence-electron chi connectivity index (χ4n) is 5.48. The van der Waals surface area contributed by atoms with E-state index in [-0.39, 0.29) is 5.82 Å². The minimum absolute atomic E-state index is 0.266. The summed E-state index contributed by atoms with van der Waals surface area (Å²) < 4.78 is 21.0. The Labute approximate surface area is 190 Å². The monoisotopic (exact) mass is 442 g/mol. The van der Waals surface area contributed by atoms with Gasteiger partial charge in [-0.25, -0.2) is 14.4 Å². The van der Waals surface area contributed by atoms with E-state index < -0.39 is 0 Å². The summed E-state index contributed by atoms with van der Waals surface area (Å²) in [6.07, 6.45) is 4.70. The van der Waals surface area contributed by atoms with Gasteiger partial charge in [0.15, 0.2) is 5.65 Å². The molecule has 8 heteroatoms. The molecule has 3 aromatic heterocycles. The van der Waals surface area contributed by atoms with E-state index in [1.807, 2.05) is 22.8 Å². The third-order valence-corrected chi connectivity index (χ3v) is 7.18. The number of halogens is 1. The Morgan fingerprint density at radius 2 is 1.67 bits per heavy atom. The van der Waals surface area contributed by atoms with Gasteiger partial charge in [-0.05, 0) is 55.0 Å². The lowest BCUT2D eigenvalue weighted by Crippen LogP contribution is -2.56. The summed E-state index contributed by atoms with van der Waals surface area (Å²) >= 11 is 0. The van der Waals surface area contributed by atoms with Crippen molar-refractivity contribution in [1.29, 1.82) is 0 Å². The molecule has 0 saturated carbocycles. The number of nitrogens with zero attached hydrogens (tertiary/aromatic N) is 6. The van der Waals surface area contributed by atoms with Gasteiger partial charge in [-0.1, -0.05) is 0 Å². The highest BCUT2D eigenvalue weighted by atomic mass is 19.1. The number of hydrogen-bond acceptors (Lipinski definition) is 6. The van der Waals surface area contributed by atoms with Gasteiger partial charge in [0.2, 0.25) is 0 Å². The van der Waals surface area contributed by atoms with Crippen LogP contribution in [0.25, 0.3) is 28.2 Å². The van der Waals surface area contributed by atoms with E-state index in [9.17, 15) is 4.39 Å². The fraction of sp³-hybridized carbons (Fsp3) is 0.320. The number of imidazole rings is 1. The number of likely N-dealkylation sites (tertiary alicyclic amines) is 1. The van der Waals surface area contributed by atoms with Crippen LogP contribution in [-0.2, 0) is 4.74 Å². The number of anilines is 1. The Morgan fingerprint density at radius 1 is 0.848 bits per heavy atom. The fourth-order valence-corrected chi connectivity index (χ4v) is 5.48. The molecule has 3 saturated heterocycles. The molecule has 0 radical (unpaired) electrons. The van der Waals surface area contributed by atoms with Crippen molar-refractivity contribution < 1.29 is 9.13 Å². The first-order valence-electron chi connectivity index (χ1n) is 11.4. The number of rotatable bonds is 4. The molecule has 0 N–H and O–H groups in total. The highest BCUT2D eigenvalue weighted by Gasteiger charge is 2.47. The average Bonchev–Trinajstić information content (AvgIpc) is 3.51. The van der Waals surface area contributed by atoms with Gasteiger partial charge in [0, 0.05) is 43.1 Å². The molecule has 2 bridgehead atoms. The standard InChI is InChI=1S/C25H23FN6O/c26-17-3-1-16(2-4-17)24-28-22-5-6-23(29-25(22)32(24)18-7-9-27-10-8-18)31-13-19-11-20(31)12-30(19)21-14-33-15-21/h1-10,19-21H,11-15H2/t19-,20-/m1/s1. The van der Waals surface area contributed by atoms with Crippen molar-refractivity contribution >= 4 is 17.0 Å². The molecule has 0 unspecified atom stereocenters. The van der Waals surface area contributed by atoms with Crippen LogP contribution in [0.2, 0.25) is 0 Å². The van der Waals surface area contributed by atoms with Gasteiger partial charge in [0.05, 0.1) is 24.9 Å². The second kappa shape index (κ2) is 7.33. The normalized spacial score (nSPS) is 22.9. The van der Waals surface area contributed by atoms with E-state index in [1.54, 1.807) is 24.5 Å². The number of benzene rings is 1. The number of piperazine rings is 1. The Balaban J connectivity index is 1.31. The van der Waals surface area contributed by atoms with Crippen molar-refractivity contribution in [2.45, 2.75) is 24.5 Å². The quantitative estimate of drug-likeness (QED) is 0.484. The van der Waals surface area contributed by atoms with Crippen molar-refractivity contribution in [1.82, 2.24) is 24.4 Å². The maximum absolute atomic E-state index is 13.6. The SMILES string of the molecule is Fc1ccc(-c2nc3ccc(N4C[C@H]5C[C@@H]4CN5C4COC4)nc3n2-c2ccncc2)cc1. The molecule has 7 rings (SSSR count). The first-order valence-corrected chi connectivity index (χ1v) is 11.4. The average molecular weight is 442 g/mol. The van der Waals surface area contributed by atoms with Crippen LogP contribution in [0.1, 0.15) is 6.42 Å². The van der Waals surface area contributed by atoms with Crippen LogP contribution < -0.4 is 4.90 Å². The van der Waals surface area contributed by atoms with Crippen molar-refractivity contribution in [3.63, 3.8) is 0 Å². The van der Waals surface area contributed by atoms with E-state index in [2.05, 4.69) is 20.9 Å². The number of hydrogen-bond donors (Lipinski definition) is 0. The van der Waals surface area contributed by atoms with E-state index in [1.165, 1.54) is 18.6 Å². The van der Waals surface area contributed by atoms with Gasteiger partial charge in [-0.15, -0.1) is 0 Å². The molecule has 166 valence electrons. The molecule has 1 aromatic carbocycles. The molecule has 0 spiro atoms. The number of pyridine rings is 2. The van der Waals surface area contributed by atoms with Crippen LogP contribution in [0.3, 0.4) is 0 Å². The van der Waals surface area contributed by atoms with Gasteiger partial charge >= 0.3 is 0 Å². The third kappa shape index (κ3) is 3.05. The van der Waals surface area contributed by atoms with Crippen molar-refractivity contribution in [2.75, 3.05) is 31.2 Å². The van der Waals surface area contributed by atoms with Crippen LogP contribution in [0.5, 0.6) is 0 Å². The van der Waals surface area contributed by atoms with Crippen LogP contribution in [0.4, 0.5) is 10.2 Å². The third-order valence-electron chi connectivity index (χ3n) is 7.18. The van der Waals surface area contributed by atoms with E-state index >= 15 is 0 Å². The van der Waals surface area contributed by atoms with Gasteiger partial charge in [-0.2, -0.15) is 0 Å². The first-order chi connectivity index (χ1) is 16.2. The maximum atomic E-state index is 13.6. The van der Waals surface area contributed by atoms with Gasteiger partial charge in [0.25, 0.3) is 0 Å². The molecule has 7 nitrogen and oxygen atoms in total. The van der Waals surface area contributed by atoms with Crippen LogP contribution in [-0.4, -0.2) is 68.8 Å². The Bertz CT molecular complexity index is 1320. The molecule has 0 amide bonds. The smallest absolute Gasteiger partial charge is 0.167 e. The Morgan fingerprint density at radius 3 is 2.36 bits per heavy atom. The molecule has 33 heavy (non-hydrogen) atoms. The maximum Gasteiger partial charge on any atom is 0.167 e. The lowest BCUT2D eigenvalue weighted by atomic mass is 10.1. The lowest BCUT2D eigenvalue weighted by Gasteiger charge is -2.42. The zero-order valence-corrected chi connectivity index (χ0v) is 18.0. The van der Waals surface area contributed by atoms with E-state index in [4.69, 9.17) is 14.7 Å². The van der Waals surface area contributed by atoms with Crippen molar-refractivity contribution in [3.8, 4) is 17.1 Å². The van der Waals surface area contributed by atoms with E-state index in [0.717, 1.165) is 60.4 Å². The van der Waals surface area contributed by atoms with Crippen LogP contribution in [0.15, 0.2) is 60.9 Å². The Kier molecular flexibility index (Phi) is 4.25. The van der Waals surface area contributed by atoms with Gasteiger partial charge < -0.3 is 9.64 Å². The summed E-state index contributed by atoms with van der Waals surface area (Å²) in [5.74, 6) is 1.46. The van der Waals surface area contributed by atoms with E-state index in [0.29, 0.717) is 18.1 Å². The zero-order valence-electron chi connectivity index (χ0n) is 18.0. The number of aromatic nitrogens is 4. The number of fused-ring (bicyclic) bond motifs is 3. The zero-order chi connectivity index (χ0) is 21.9. The molecule has 0 aliphatic carbocycles. The minimum atomic E-state index is -0.266. The number of ether oxygens (including phenoxy) is 1. The van der Waals surface area contributed by atoms with Crippen molar-refractivity contribution in [2.24, 2.45) is 0 Å². The highest BCUT2D eigenvalue weighted by molar-refractivity contribution is 5.81. The van der Waals surface area contributed by atoms with Gasteiger partial charge in [-0.3, -0.25) is 14.5 Å². The summed E-state index contributed by atoms with van der Waals surface area (Å²) in [7, 11) is 0. The summed E-state index contributed by atoms with van der Waals surface area (Å²) in [4.78, 5) is 19.2. The molecule has 4 aromatic rings. The first kappa shape index (κ1) is 19.1. The second-order valence-corrected chi connectivity index (χ2v) is 9.08. The molecule has 3 aliphatic heterocycles.